The lowest BCUT2D eigenvalue weighted by atomic mass is 9.71. The fourth-order valence-electron chi connectivity index (χ4n) is 6.01. The van der Waals surface area contributed by atoms with Crippen LogP contribution in [0.3, 0.4) is 0 Å². The van der Waals surface area contributed by atoms with Gasteiger partial charge in [0.25, 0.3) is 0 Å². The summed E-state index contributed by atoms with van der Waals surface area (Å²) in [7, 11) is 1.91. The van der Waals surface area contributed by atoms with Crippen LogP contribution in [0.1, 0.15) is 60.1 Å². The second-order valence-corrected chi connectivity index (χ2v) is 12.0. The van der Waals surface area contributed by atoms with Gasteiger partial charge in [-0.15, -0.1) is 0 Å². The summed E-state index contributed by atoms with van der Waals surface area (Å²) in [6, 6.07) is 20.3. The molecular weight excluding hydrogens is 485 g/mol. The normalized spacial score (nSPS) is 14.9. The van der Waals surface area contributed by atoms with Gasteiger partial charge in [-0.3, -0.25) is 4.90 Å². The average Bonchev–Trinajstić information content (AvgIpc) is 3.08. The lowest BCUT2D eigenvalue weighted by molar-refractivity contribution is 0.219. The largest absolute Gasteiger partial charge is 0.492 e. The van der Waals surface area contributed by atoms with E-state index in [9.17, 15) is 4.39 Å². The Labute approximate surface area is 232 Å². The first-order chi connectivity index (χ1) is 18.6. The molecule has 0 saturated heterocycles. The summed E-state index contributed by atoms with van der Waals surface area (Å²) in [5.41, 5.74) is 15.6. The first-order valence-corrected chi connectivity index (χ1v) is 13.8. The van der Waals surface area contributed by atoms with Crippen LogP contribution in [0.2, 0.25) is 0 Å². The molecule has 39 heavy (non-hydrogen) atoms. The van der Waals surface area contributed by atoms with Crippen LogP contribution in [-0.2, 0) is 13.1 Å². The molecular formula is C34H40FN3O. The van der Waals surface area contributed by atoms with E-state index in [1.165, 1.54) is 28.3 Å². The zero-order valence-electron chi connectivity index (χ0n) is 24.0. The summed E-state index contributed by atoms with van der Waals surface area (Å²) in [5, 5.41) is 4.72. The van der Waals surface area contributed by atoms with Gasteiger partial charge in [-0.1, -0.05) is 57.2 Å². The van der Waals surface area contributed by atoms with Crippen LogP contribution in [0.5, 0.6) is 5.75 Å². The fourth-order valence-corrected chi connectivity index (χ4v) is 6.01. The topological polar surface area (TPSA) is 50.5 Å². The van der Waals surface area contributed by atoms with Crippen molar-refractivity contribution in [2.75, 3.05) is 31.2 Å². The molecule has 4 nitrogen and oxygen atoms in total. The first kappa shape index (κ1) is 27.0. The molecule has 0 aromatic heterocycles. The van der Waals surface area contributed by atoms with E-state index in [0.717, 1.165) is 46.7 Å². The average molecular weight is 526 g/mol. The lowest BCUT2D eigenvalue weighted by Gasteiger charge is -2.34. The number of nitrogen functional groups attached to an aromatic ring is 1. The Balaban J connectivity index is 1.48. The summed E-state index contributed by atoms with van der Waals surface area (Å²) in [5.74, 6) is 0.848. The van der Waals surface area contributed by atoms with Crippen molar-refractivity contribution >= 4 is 22.1 Å². The summed E-state index contributed by atoms with van der Waals surface area (Å²) >= 11 is 0. The molecule has 1 aliphatic heterocycles. The molecule has 3 N–H and O–H groups in total. The Morgan fingerprint density at radius 3 is 2.59 bits per heavy atom. The molecule has 0 fully saturated rings. The minimum atomic E-state index is -0.193. The number of aryl methyl sites for hydroxylation is 1. The van der Waals surface area contributed by atoms with E-state index in [0.29, 0.717) is 18.5 Å². The maximum Gasteiger partial charge on any atom is 0.131 e. The predicted molar refractivity (Wildman–Crippen MR) is 161 cm³/mol. The Hall–Kier alpha value is -3.57. The smallest absolute Gasteiger partial charge is 0.131 e. The Morgan fingerprint density at radius 1 is 1.05 bits per heavy atom. The standard InChI is InChI=1S/C34H40FN3O/c1-21-10-11-24(32(34(3,4)5)27-12-13-30(37-6)33(36)22(27)2)16-25(21)19-38-14-15-39-31-18-23-8-7-9-29(35)28(23)17-26(31)20-38/h7-13,16-18,32,37H,14-15,19-20,36H2,1-6H3. The van der Waals surface area contributed by atoms with Gasteiger partial charge in [0.15, 0.2) is 0 Å². The highest BCUT2D eigenvalue weighted by Gasteiger charge is 2.30. The molecule has 5 heteroatoms. The van der Waals surface area contributed by atoms with Crippen molar-refractivity contribution in [3.8, 4) is 5.75 Å². The Morgan fingerprint density at radius 2 is 1.85 bits per heavy atom. The summed E-state index contributed by atoms with van der Waals surface area (Å²) < 4.78 is 20.7. The van der Waals surface area contributed by atoms with Gasteiger partial charge in [0.05, 0.1) is 11.4 Å². The van der Waals surface area contributed by atoms with Crippen LogP contribution in [0.25, 0.3) is 10.8 Å². The van der Waals surface area contributed by atoms with Crippen LogP contribution >= 0.6 is 0 Å². The number of hydrogen-bond acceptors (Lipinski definition) is 4. The molecule has 4 aromatic carbocycles. The molecule has 1 unspecified atom stereocenters. The van der Waals surface area contributed by atoms with E-state index in [4.69, 9.17) is 10.5 Å². The lowest BCUT2D eigenvalue weighted by Crippen LogP contribution is -2.26. The number of nitrogens with zero attached hydrogens (tertiary/aromatic N) is 1. The van der Waals surface area contributed by atoms with Gasteiger partial charge in [0.1, 0.15) is 18.2 Å². The molecule has 1 heterocycles. The van der Waals surface area contributed by atoms with E-state index in [1.807, 2.05) is 25.2 Å². The summed E-state index contributed by atoms with van der Waals surface area (Å²) in [6.45, 7) is 14.1. The van der Waals surface area contributed by atoms with Gasteiger partial charge >= 0.3 is 0 Å². The SMILES string of the molecule is CNc1ccc(C(c2ccc(C)c(CN3CCOc4cc5cccc(F)c5cc4C3)c2)C(C)(C)C)c(C)c1N. The monoisotopic (exact) mass is 525 g/mol. The van der Waals surface area contributed by atoms with Crippen molar-refractivity contribution in [2.45, 2.75) is 53.6 Å². The highest BCUT2D eigenvalue weighted by molar-refractivity contribution is 5.85. The van der Waals surface area contributed by atoms with Crippen LogP contribution in [-0.4, -0.2) is 25.1 Å². The molecule has 4 aromatic rings. The van der Waals surface area contributed by atoms with Gasteiger partial charge in [-0.2, -0.15) is 0 Å². The highest BCUT2D eigenvalue weighted by atomic mass is 19.1. The number of benzene rings is 4. The molecule has 1 aliphatic rings. The van der Waals surface area contributed by atoms with Crippen molar-refractivity contribution < 1.29 is 9.13 Å². The maximum atomic E-state index is 14.5. The van der Waals surface area contributed by atoms with E-state index in [2.05, 4.69) is 75.2 Å². The highest BCUT2D eigenvalue weighted by Crippen LogP contribution is 2.44. The molecule has 0 spiro atoms. The number of halogens is 1. The Kier molecular flexibility index (Phi) is 7.30. The molecule has 0 radical (unpaired) electrons. The molecule has 0 amide bonds. The van der Waals surface area contributed by atoms with Gasteiger partial charge in [0, 0.05) is 43.5 Å². The third-order valence-electron chi connectivity index (χ3n) is 8.17. The van der Waals surface area contributed by atoms with E-state index in [-0.39, 0.29) is 17.2 Å². The minimum absolute atomic E-state index is 0.00853. The first-order valence-electron chi connectivity index (χ1n) is 13.8. The molecule has 0 aliphatic carbocycles. The van der Waals surface area contributed by atoms with Crippen molar-refractivity contribution in [1.82, 2.24) is 4.90 Å². The molecule has 204 valence electrons. The number of rotatable bonds is 5. The third-order valence-corrected chi connectivity index (χ3v) is 8.17. The fraction of sp³-hybridized carbons (Fsp3) is 0.353. The number of hydrogen-bond donors (Lipinski definition) is 2. The maximum absolute atomic E-state index is 14.5. The number of nitrogens with one attached hydrogen (secondary N) is 1. The summed E-state index contributed by atoms with van der Waals surface area (Å²) in [6.07, 6.45) is 0. The van der Waals surface area contributed by atoms with Gasteiger partial charge < -0.3 is 15.8 Å². The van der Waals surface area contributed by atoms with E-state index < -0.39 is 0 Å². The molecule has 1 atom stereocenters. The Bertz CT molecular complexity index is 1520. The van der Waals surface area contributed by atoms with Crippen LogP contribution in [0.15, 0.2) is 60.7 Å². The number of fused-ring (bicyclic) bond motifs is 2. The van der Waals surface area contributed by atoms with Crippen molar-refractivity contribution in [1.29, 1.82) is 0 Å². The van der Waals surface area contributed by atoms with Crippen molar-refractivity contribution in [2.24, 2.45) is 5.41 Å². The van der Waals surface area contributed by atoms with E-state index in [1.54, 1.807) is 6.07 Å². The van der Waals surface area contributed by atoms with Crippen molar-refractivity contribution in [3.05, 3.63) is 99.9 Å². The molecule has 0 bridgehead atoms. The minimum Gasteiger partial charge on any atom is -0.492 e. The van der Waals surface area contributed by atoms with Gasteiger partial charge in [0.2, 0.25) is 0 Å². The van der Waals surface area contributed by atoms with Crippen LogP contribution in [0.4, 0.5) is 15.8 Å². The molecule has 5 rings (SSSR count). The molecule has 0 saturated carbocycles. The van der Waals surface area contributed by atoms with Gasteiger partial charge in [-0.25, -0.2) is 4.39 Å². The second kappa shape index (κ2) is 10.5. The quantitative estimate of drug-likeness (QED) is 0.261. The van der Waals surface area contributed by atoms with Crippen LogP contribution < -0.4 is 15.8 Å². The third kappa shape index (κ3) is 5.33. The van der Waals surface area contributed by atoms with Gasteiger partial charge in [-0.05, 0) is 76.7 Å². The number of nitrogens with two attached hydrogens (primary N) is 1. The van der Waals surface area contributed by atoms with Crippen LogP contribution in [0, 0.1) is 25.1 Å². The zero-order valence-corrected chi connectivity index (χ0v) is 24.0. The van der Waals surface area contributed by atoms with E-state index >= 15 is 0 Å². The predicted octanol–water partition coefficient (Wildman–Crippen LogP) is 7.79. The summed E-state index contributed by atoms with van der Waals surface area (Å²) in [4.78, 5) is 2.40. The second-order valence-electron chi connectivity index (χ2n) is 12.0. The number of anilines is 2. The zero-order chi connectivity index (χ0) is 27.9. The number of ether oxygens (including phenoxy) is 1. The van der Waals surface area contributed by atoms with Crippen molar-refractivity contribution in [3.63, 3.8) is 0 Å².